The molecule has 0 aliphatic carbocycles. The van der Waals surface area contributed by atoms with Gasteiger partial charge in [-0.2, -0.15) is 5.10 Å². The highest BCUT2D eigenvalue weighted by Gasteiger charge is 2.41. The van der Waals surface area contributed by atoms with Crippen molar-refractivity contribution in [3.8, 4) is 0 Å². The first-order valence-electron chi connectivity index (χ1n) is 11.0. The Kier molecular flexibility index (Phi) is 5.32. The molecule has 2 aromatic carbocycles. The maximum atomic E-state index is 13.0. The minimum absolute atomic E-state index is 0.0289. The summed E-state index contributed by atoms with van der Waals surface area (Å²) < 4.78 is 3.33. The van der Waals surface area contributed by atoms with Crippen molar-refractivity contribution in [1.29, 1.82) is 0 Å². The number of hydrogen-bond acceptors (Lipinski definition) is 3. The van der Waals surface area contributed by atoms with Gasteiger partial charge in [0.05, 0.1) is 12.6 Å². The fourth-order valence-electron chi connectivity index (χ4n) is 4.82. The Morgan fingerprint density at radius 3 is 2.39 bits per heavy atom. The zero-order valence-corrected chi connectivity index (χ0v) is 17.5. The Bertz CT molecular complexity index is 1110. The first-order valence-corrected chi connectivity index (χ1v) is 11.0. The van der Waals surface area contributed by atoms with Crippen molar-refractivity contribution in [3.05, 3.63) is 88.1 Å². The maximum absolute atomic E-state index is 13.0. The summed E-state index contributed by atoms with van der Waals surface area (Å²) in [5.74, 6) is 0.787. The van der Waals surface area contributed by atoms with E-state index >= 15 is 0 Å². The molecule has 7 heteroatoms. The minimum Gasteiger partial charge on any atom is -0.338 e. The van der Waals surface area contributed by atoms with E-state index in [0.29, 0.717) is 26.1 Å². The van der Waals surface area contributed by atoms with Gasteiger partial charge in [-0.1, -0.05) is 60.7 Å². The lowest BCUT2D eigenvalue weighted by atomic mass is 10.1. The van der Waals surface area contributed by atoms with Gasteiger partial charge >= 0.3 is 11.7 Å². The first-order chi connectivity index (χ1) is 15.2. The fourth-order valence-corrected chi connectivity index (χ4v) is 4.82. The van der Waals surface area contributed by atoms with Gasteiger partial charge in [0.15, 0.2) is 0 Å². The number of fused-ring (bicyclic) bond motifs is 3. The van der Waals surface area contributed by atoms with Gasteiger partial charge in [-0.15, -0.1) is 0 Å². The molecule has 2 amide bonds. The molecule has 2 aliphatic heterocycles. The van der Waals surface area contributed by atoms with E-state index in [0.717, 1.165) is 30.7 Å². The van der Waals surface area contributed by atoms with E-state index in [4.69, 9.17) is 0 Å². The Morgan fingerprint density at radius 1 is 0.968 bits per heavy atom. The predicted molar refractivity (Wildman–Crippen MR) is 118 cm³/mol. The van der Waals surface area contributed by atoms with E-state index in [1.54, 1.807) is 9.25 Å². The molecule has 2 aliphatic rings. The van der Waals surface area contributed by atoms with E-state index in [9.17, 15) is 9.59 Å². The van der Waals surface area contributed by atoms with Crippen molar-refractivity contribution >= 4 is 6.03 Å². The van der Waals surface area contributed by atoms with Crippen LogP contribution in [0.1, 0.15) is 29.8 Å². The van der Waals surface area contributed by atoms with Crippen molar-refractivity contribution in [2.24, 2.45) is 0 Å². The molecule has 7 nitrogen and oxygen atoms in total. The van der Waals surface area contributed by atoms with E-state index in [1.165, 1.54) is 5.56 Å². The van der Waals surface area contributed by atoms with Crippen LogP contribution in [0.3, 0.4) is 0 Å². The zero-order chi connectivity index (χ0) is 21.2. The molecule has 160 valence electrons. The standard InChI is InChI=1S/C24H27N5O2/c30-23(25-14-13-18-7-3-1-4-8-18)29-20-11-12-21(29)17-27-22(15-20)26-28(24(27)31)16-19-9-5-2-6-10-19/h1-10,20-21H,11-17H2,(H,25,30). The first kappa shape index (κ1) is 19.6. The lowest BCUT2D eigenvalue weighted by Gasteiger charge is -2.28. The molecule has 1 fully saturated rings. The number of nitrogens with zero attached hydrogens (tertiary/aromatic N) is 4. The van der Waals surface area contributed by atoms with Crippen molar-refractivity contribution < 1.29 is 4.79 Å². The average molecular weight is 418 g/mol. The van der Waals surface area contributed by atoms with Crippen LogP contribution in [0.4, 0.5) is 4.79 Å². The number of aromatic nitrogens is 3. The summed E-state index contributed by atoms with van der Waals surface area (Å²) >= 11 is 0. The van der Waals surface area contributed by atoms with Crippen LogP contribution in [0.25, 0.3) is 0 Å². The summed E-state index contributed by atoms with van der Waals surface area (Å²) in [6.07, 6.45) is 3.31. The topological polar surface area (TPSA) is 72.2 Å². The third-order valence-corrected chi connectivity index (χ3v) is 6.37. The summed E-state index contributed by atoms with van der Waals surface area (Å²) in [6, 6.07) is 20.2. The molecule has 2 atom stereocenters. The molecule has 1 N–H and O–H groups in total. The summed E-state index contributed by atoms with van der Waals surface area (Å²) in [6.45, 7) is 1.59. The molecular weight excluding hydrogens is 390 g/mol. The van der Waals surface area contributed by atoms with Gasteiger partial charge in [0.25, 0.3) is 0 Å². The van der Waals surface area contributed by atoms with Crippen LogP contribution in [0, 0.1) is 0 Å². The van der Waals surface area contributed by atoms with E-state index in [2.05, 4.69) is 22.5 Å². The van der Waals surface area contributed by atoms with Crippen LogP contribution in [0.15, 0.2) is 65.5 Å². The second kappa shape index (κ2) is 8.41. The minimum atomic E-state index is -0.0872. The quantitative estimate of drug-likeness (QED) is 0.693. The van der Waals surface area contributed by atoms with Gasteiger partial charge in [0.2, 0.25) is 0 Å². The van der Waals surface area contributed by atoms with E-state index in [-0.39, 0.29) is 23.8 Å². The Balaban J connectivity index is 1.27. The highest BCUT2D eigenvalue weighted by atomic mass is 16.2. The molecule has 31 heavy (non-hydrogen) atoms. The maximum Gasteiger partial charge on any atom is 0.346 e. The third-order valence-electron chi connectivity index (χ3n) is 6.37. The summed E-state index contributed by atoms with van der Waals surface area (Å²) in [5.41, 5.74) is 2.18. The molecule has 0 saturated carbocycles. The number of rotatable bonds is 5. The summed E-state index contributed by atoms with van der Waals surface area (Å²) in [4.78, 5) is 27.9. The highest BCUT2D eigenvalue weighted by Crippen LogP contribution is 2.30. The second-order valence-electron chi connectivity index (χ2n) is 8.42. The Hall–Kier alpha value is -3.35. The fraction of sp³-hybridized carbons (Fsp3) is 0.375. The van der Waals surface area contributed by atoms with Gasteiger partial charge in [0, 0.05) is 25.6 Å². The van der Waals surface area contributed by atoms with Gasteiger partial charge in [0.1, 0.15) is 5.82 Å². The monoisotopic (exact) mass is 417 g/mol. The van der Waals surface area contributed by atoms with Crippen LogP contribution in [-0.2, 0) is 25.9 Å². The van der Waals surface area contributed by atoms with Crippen LogP contribution < -0.4 is 11.0 Å². The SMILES string of the molecule is O=C(NCCc1ccccc1)N1C2CCC1Cn1c(nn(Cc3ccccc3)c1=O)C2. The highest BCUT2D eigenvalue weighted by molar-refractivity contribution is 5.75. The largest absolute Gasteiger partial charge is 0.346 e. The summed E-state index contributed by atoms with van der Waals surface area (Å²) in [5, 5.41) is 7.71. The predicted octanol–water partition coefficient (Wildman–Crippen LogP) is 2.43. The van der Waals surface area contributed by atoms with Crippen molar-refractivity contribution in [1.82, 2.24) is 24.6 Å². The van der Waals surface area contributed by atoms with Crippen molar-refractivity contribution in [3.63, 3.8) is 0 Å². The van der Waals surface area contributed by atoms with Crippen LogP contribution >= 0.6 is 0 Å². The van der Waals surface area contributed by atoms with E-state index < -0.39 is 0 Å². The lowest BCUT2D eigenvalue weighted by Crippen LogP contribution is -2.48. The van der Waals surface area contributed by atoms with Crippen molar-refractivity contribution in [2.75, 3.05) is 6.54 Å². The molecule has 2 bridgehead atoms. The van der Waals surface area contributed by atoms with Crippen molar-refractivity contribution in [2.45, 2.75) is 50.9 Å². The number of urea groups is 1. The number of amides is 2. The number of nitrogens with one attached hydrogen (secondary N) is 1. The smallest absolute Gasteiger partial charge is 0.338 e. The molecule has 3 aromatic rings. The second-order valence-corrected chi connectivity index (χ2v) is 8.42. The van der Waals surface area contributed by atoms with Crippen LogP contribution in [0.5, 0.6) is 0 Å². The van der Waals surface area contributed by atoms with Crippen LogP contribution in [-0.4, -0.2) is 43.9 Å². The molecular formula is C24H27N5O2. The lowest BCUT2D eigenvalue weighted by molar-refractivity contribution is 0.171. The van der Waals surface area contributed by atoms with Gasteiger partial charge in [-0.3, -0.25) is 4.57 Å². The zero-order valence-electron chi connectivity index (χ0n) is 17.5. The van der Waals surface area contributed by atoms with Gasteiger partial charge in [-0.05, 0) is 30.4 Å². The number of hydrogen-bond donors (Lipinski definition) is 1. The molecule has 2 unspecified atom stereocenters. The van der Waals surface area contributed by atoms with Crippen LogP contribution in [0.2, 0.25) is 0 Å². The Morgan fingerprint density at radius 2 is 1.65 bits per heavy atom. The number of carbonyl (C=O) groups is 1. The number of benzene rings is 2. The molecule has 0 spiro atoms. The normalized spacial score (nSPS) is 19.7. The average Bonchev–Trinajstić information content (AvgIpc) is 3.25. The molecule has 3 heterocycles. The molecule has 0 radical (unpaired) electrons. The summed E-state index contributed by atoms with van der Waals surface area (Å²) in [7, 11) is 0. The van der Waals surface area contributed by atoms with Gasteiger partial charge in [-0.25, -0.2) is 14.3 Å². The van der Waals surface area contributed by atoms with Gasteiger partial charge < -0.3 is 10.2 Å². The third kappa shape index (κ3) is 4.00. The Labute approximate surface area is 181 Å². The van der Waals surface area contributed by atoms with E-state index in [1.807, 2.05) is 53.4 Å². The molecule has 1 aromatic heterocycles. The number of carbonyl (C=O) groups excluding carboxylic acids is 1. The molecule has 1 saturated heterocycles. The molecule has 5 rings (SSSR count).